The van der Waals surface area contributed by atoms with E-state index in [4.69, 9.17) is 0 Å². The van der Waals surface area contributed by atoms with Crippen LogP contribution in [-0.2, 0) is 15.0 Å². The highest BCUT2D eigenvalue weighted by Crippen LogP contribution is 2.34. The number of fused-ring (bicyclic) bond motifs is 1. The van der Waals surface area contributed by atoms with Gasteiger partial charge >= 0.3 is 0 Å². The van der Waals surface area contributed by atoms with Crippen LogP contribution in [-0.4, -0.2) is 16.8 Å². The number of hydrogen-bond donors (Lipinski definition) is 3. The quantitative estimate of drug-likeness (QED) is 0.655. The Labute approximate surface area is 152 Å². The second-order valence-corrected chi connectivity index (χ2v) is 7.01. The highest BCUT2D eigenvalue weighted by Gasteiger charge is 2.34. The number of carbonyl (C=O) groups excluding carboxylic acids is 2. The minimum atomic E-state index is -0.708. The summed E-state index contributed by atoms with van der Waals surface area (Å²) >= 11 is 0. The van der Waals surface area contributed by atoms with Crippen molar-refractivity contribution in [3.63, 3.8) is 0 Å². The number of aryl methyl sites for hydroxylation is 1. The molecule has 0 aliphatic carbocycles. The Morgan fingerprint density at radius 2 is 1.50 bits per heavy atom. The molecule has 3 N–H and O–H groups in total. The van der Waals surface area contributed by atoms with E-state index in [1.165, 1.54) is 6.92 Å². The van der Waals surface area contributed by atoms with Gasteiger partial charge in [-0.05, 0) is 56.7 Å². The fraction of sp³-hybridized carbons (Fsp3) is 0.238. The molecule has 0 spiro atoms. The lowest BCUT2D eigenvalue weighted by atomic mass is 9.81. The molecule has 1 heterocycles. The van der Waals surface area contributed by atoms with Crippen LogP contribution in [0.4, 0.5) is 11.4 Å². The van der Waals surface area contributed by atoms with Gasteiger partial charge in [-0.1, -0.05) is 18.2 Å². The van der Waals surface area contributed by atoms with Crippen LogP contribution < -0.4 is 10.6 Å². The van der Waals surface area contributed by atoms with Gasteiger partial charge < -0.3 is 15.6 Å². The van der Waals surface area contributed by atoms with E-state index in [0.717, 1.165) is 22.2 Å². The summed E-state index contributed by atoms with van der Waals surface area (Å²) in [6, 6.07) is 15.1. The molecule has 0 radical (unpaired) electrons. The number of aromatic amines is 1. The first-order chi connectivity index (χ1) is 12.3. The van der Waals surface area contributed by atoms with Crippen molar-refractivity contribution >= 4 is 34.1 Å². The smallest absolute Gasteiger partial charge is 0.234 e. The summed E-state index contributed by atoms with van der Waals surface area (Å²) in [5.41, 5.74) is 3.70. The number of aromatic nitrogens is 1. The van der Waals surface area contributed by atoms with Gasteiger partial charge in [0.15, 0.2) is 0 Å². The lowest BCUT2D eigenvalue weighted by molar-refractivity contribution is -0.120. The van der Waals surface area contributed by atoms with Crippen molar-refractivity contribution in [2.45, 2.75) is 33.1 Å². The number of hydrogen-bond acceptors (Lipinski definition) is 2. The first kappa shape index (κ1) is 17.7. The summed E-state index contributed by atoms with van der Waals surface area (Å²) in [5, 5.41) is 6.75. The molecule has 26 heavy (non-hydrogen) atoms. The molecule has 0 atom stereocenters. The first-order valence-corrected chi connectivity index (χ1v) is 8.56. The summed E-state index contributed by atoms with van der Waals surface area (Å²) in [7, 11) is 0. The van der Waals surface area contributed by atoms with Crippen molar-refractivity contribution in [1.29, 1.82) is 0 Å². The zero-order chi connectivity index (χ0) is 18.9. The van der Waals surface area contributed by atoms with Crippen LogP contribution in [0, 0.1) is 6.92 Å². The molecule has 134 valence electrons. The summed E-state index contributed by atoms with van der Waals surface area (Å²) in [4.78, 5) is 27.4. The molecule has 3 aromatic rings. The van der Waals surface area contributed by atoms with Crippen LogP contribution in [0.15, 0.2) is 48.5 Å². The van der Waals surface area contributed by atoms with Gasteiger partial charge in [0.05, 0.1) is 5.41 Å². The Morgan fingerprint density at radius 1 is 0.923 bits per heavy atom. The van der Waals surface area contributed by atoms with Crippen LogP contribution >= 0.6 is 0 Å². The van der Waals surface area contributed by atoms with E-state index in [-0.39, 0.29) is 11.8 Å². The van der Waals surface area contributed by atoms with Crippen molar-refractivity contribution in [1.82, 2.24) is 4.98 Å². The molecule has 2 amide bonds. The predicted molar refractivity (Wildman–Crippen MR) is 105 cm³/mol. The number of nitrogens with one attached hydrogen (secondary N) is 3. The Hall–Kier alpha value is -3.08. The van der Waals surface area contributed by atoms with Gasteiger partial charge in [-0.2, -0.15) is 0 Å². The number of carbonyl (C=O) groups is 2. The maximum absolute atomic E-state index is 13.0. The van der Waals surface area contributed by atoms with E-state index in [1.54, 1.807) is 24.3 Å². The number of rotatable bonds is 4. The number of para-hydroxylation sites is 1. The maximum Gasteiger partial charge on any atom is 0.234 e. The molecule has 1 aromatic heterocycles. The standard InChI is InChI=1S/C21H23N3O2/c1-13-19(17-7-5-6-8-18(17)22-13)21(3,4)20(26)24-16-11-9-15(10-12-16)23-14(2)25/h5-12,22H,1-4H3,(H,23,25)(H,24,26). The molecule has 0 aliphatic rings. The summed E-state index contributed by atoms with van der Waals surface area (Å²) in [5.74, 6) is -0.213. The third-order valence-corrected chi connectivity index (χ3v) is 4.55. The Morgan fingerprint density at radius 3 is 2.12 bits per heavy atom. The molecule has 5 heteroatoms. The Balaban J connectivity index is 1.86. The zero-order valence-corrected chi connectivity index (χ0v) is 15.4. The largest absolute Gasteiger partial charge is 0.358 e. The molecular formula is C21H23N3O2. The minimum Gasteiger partial charge on any atom is -0.358 e. The third-order valence-electron chi connectivity index (χ3n) is 4.55. The molecule has 0 saturated heterocycles. The van der Waals surface area contributed by atoms with Crippen molar-refractivity contribution in [2.75, 3.05) is 10.6 Å². The van der Waals surface area contributed by atoms with Gasteiger partial charge in [0.1, 0.15) is 0 Å². The van der Waals surface area contributed by atoms with Crippen molar-refractivity contribution in [2.24, 2.45) is 0 Å². The van der Waals surface area contributed by atoms with Gasteiger partial charge in [-0.3, -0.25) is 9.59 Å². The second-order valence-electron chi connectivity index (χ2n) is 7.01. The van der Waals surface area contributed by atoms with E-state index in [2.05, 4.69) is 15.6 Å². The average Bonchev–Trinajstić information content (AvgIpc) is 2.92. The molecule has 0 bridgehead atoms. The van der Waals surface area contributed by atoms with E-state index < -0.39 is 5.41 Å². The average molecular weight is 349 g/mol. The lowest BCUT2D eigenvalue weighted by Gasteiger charge is -2.25. The van der Waals surface area contributed by atoms with E-state index in [9.17, 15) is 9.59 Å². The zero-order valence-electron chi connectivity index (χ0n) is 15.4. The van der Waals surface area contributed by atoms with Gasteiger partial charge in [0.2, 0.25) is 11.8 Å². The second kappa shape index (κ2) is 6.67. The molecule has 0 fully saturated rings. The van der Waals surface area contributed by atoms with E-state index >= 15 is 0 Å². The SMILES string of the molecule is CC(=O)Nc1ccc(NC(=O)C(C)(C)c2c(C)[nH]c3ccccc23)cc1. The molecule has 5 nitrogen and oxygen atoms in total. The number of anilines is 2. The Kier molecular flexibility index (Phi) is 4.55. The Bertz CT molecular complexity index is 969. The predicted octanol–water partition coefficient (Wildman–Crippen LogP) is 4.35. The number of H-pyrrole nitrogens is 1. The fourth-order valence-electron chi connectivity index (χ4n) is 3.32. The summed E-state index contributed by atoms with van der Waals surface area (Å²) in [6.45, 7) is 7.31. The first-order valence-electron chi connectivity index (χ1n) is 8.56. The van der Waals surface area contributed by atoms with Crippen molar-refractivity contribution in [3.05, 3.63) is 59.8 Å². The molecule has 0 aliphatic heterocycles. The van der Waals surface area contributed by atoms with E-state index in [0.29, 0.717) is 11.4 Å². The highest BCUT2D eigenvalue weighted by atomic mass is 16.2. The highest BCUT2D eigenvalue weighted by molar-refractivity contribution is 6.02. The van der Waals surface area contributed by atoms with Crippen molar-refractivity contribution in [3.8, 4) is 0 Å². The molecule has 2 aromatic carbocycles. The lowest BCUT2D eigenvalue weighted by Crippen LogP contribution is -2.35. The van der Waals surface area contributed by atoms with Crippen LogP contribution in [0.25, 0.3) is 10.9 Å². The van der Waals surface area contributed by atoms with E-state index in [1.807, 2.05) is 45.0 Å². The van der Waals surface area contributed by atoms with Crippen LogP contribution in [0.5, 0.6) is 0 Å². The van der Waals surface area contributed by atoms with Crippen LogP contribution in [0.2, 0.25) is 0 Å². The van der Waals surface area contributed by atoms with Gasteiger partial charge in [-0.15, -0.1) is 0 Å². The monoisotopic (exact) mass is 349 g/mol. The van der Waals surface area contributed by atoms with Crippen LogP contribution in [0.1, 0.15) is 32.0 Å². The number of amides is 2. The third kappa shape index (κ3) is 3.33. The van der Waals surface area contributed by atoms with Gasteiger partial charge in [-0.25, -0.2) is 0 Å². The summed E-state index contributed by atoms with van der Waals surface area (Å²) < 4.78 is 0. The molecular weight excluding hydrogens is 326 g/mol. The minimum absolute atomic E-state index is 0.0855. The summed E-state index contributed by atoms with van der Waals surface area (Å²) in [6.07, 6.45) is 0. The number of benzene rings is 2. The normalized spacial score (nSPS) is 11.4. The van der Waals surface area contributed by atoms with Gasteiger partial charge in [0, 0.05) is 34.9 Å². The van der Waals surface area contributed by atoms with Crippen LogP contribution in [0.3, 0.4) is 0 Å². The fourth-order valence-corrected chi connectivity index (χ4v) is 3.32. The topological polar surface area (TPSA) is 74.0 Å². The maximum atomic E-state index is 13.0. The molecule has 0 unspecified atom stereocenters. The van der Waals surface area contributed by atoms with Gasteiger partial charge in [0.25, 0.3) is 0 Å². The molecule has 0 saturated carbocycles. The van der Waals surface area contributed by atoms with Crippen molar-refractivity contribution < 1.29 is 9.59 Å². The molecule has 3 rings (SSSR count).